The Kier molecular flexibility index (Phi) is 5.93. The summed E-state index contributed by atoms with van der Waals surface area (Å²) in [5.74, 6) is -0.308. The number of pyridine rings is 1. The third kappa shape index (κ3) is 4.75. The molecule has 0 saturated heterocycles. The van der Waals surface area contributed by atoms with Gasteiger partial charge in [-0.25, -0.2) is 15.0 Å². The van der Waals surface area contributed by atoms with Gasteiger partial charge in [0.25, 0.3) is 5.91 Å². The van der Waals surface area contributed by atoms with Gasteiger partial charge in [-0.1, -0.05) is 11.3 Å². The number of carbonyl (C=O) groups excluding carboxylic acids is 1. The van der Waals surface area contributed by atoms with Crippen molar-refractivity contribution in [2.24, 2.45) is 7.05 Å². The highest BCUT2D eigenvalue weighted by Gasteiger charge is 2.31. The first kappa shape index (κ1) is 22.5. The average Bonchev–Trinajstić information content (AvgIpc) is 3.40. The van der Waals surface area contributed by atoms with Crippen molar-refractivity contribution in [1.82, 2.24) is 24.8 Å². The lowest BCUT2D eigenvalue weighted by Crippen LogP contribution is -2.26. The molecule has 0 aliphatic carbocycles. The number of nitrogens with zero attached hydrogens (tertiary/aromatic N) is 4. The number of anilines is 2. The van der Waals surface area contributed by atoms with Crippen LogP contribution >= 0.6 is 11.3 Å². The Morgan fingerprint density at radius 2 is 1.97 bits per heavy atom. The van der Waals surface area contributed by atoms with Gasteiger partial charge in [0.15, 0.2) is 5.13 Å². The number of nitrogens with one attached hydrogen (secondary N) is 2. The predicted molar refractivity (Wildman–Crippen MR) is 118 cm³/mol. The topological polar surface area (TPSA) is 94.0 Å². The van der Waals surface area contributed by atoms with E-state index in [-0.39, 0.29) is 23.4 Å². The van der Waals surface area contributed by atoms with Crippen LogP contribution in [0.3, 0.4) is 0 Å². The summed E-state index contributed by atoms with van der Waals surface area (Å²) in [5, 5.41) is 6.28. The number of benzene rings is 1. The highest BCUT2D eigenvalue weighted by atomic mass is 32.1. The maximum absolute atomic E-state index is 12.9. The fourth-order valence-corrected chi connectivity index (χ4v) is 3.96. The molecule has 12 heteroatoms. The van der Waals surface area contributed by atoms with Crippen LogP contribution in [0.2, 0.25) is 0 Å². The molecule has 2 N–H and O–H groups in total. The number of imidazole rings is 1. The van der Waals surface area contributed by atoms with Gasteiger partial charge in [0.05, 0.1) is 42.4 Å². The molecule has 3 heterocycles. The fourth-order valence-electron chi connectivity index (χ4n) is 3.13. The van der Waals surface area contributed by atoms with Crippen molar-refractivity contribution in [3.8, 4) is 5.75 Å². The second-order valence-electron chi connectivity index (χ2n) is 7.21. The van der Waals surface area contributed by atoms with E-state index < -0.39 is 11.7 Å². The monoisotopic (exact) mass is 476 g/mol. The van der Waals surface area contributed by atoms with Gasteiger partial charge in [0.1, 0.15) is 17.0 Å². The Morgan fingerprint density at radius 3 is 2.70 bits per heavy atom. The van der Waals surface area contributed by atoms with E-state index in [4.69, 9.17) is 4.74 Å². The summed E-state index contributed by atoms with van der Waals surface area (Å²) in [7, 11) is 3.12. The van der Waals surface area contributed by atoms with Gasteiger partial charge < -0.3 is 19.9 Å². The van der Waals surface area contributed by atoms with E-state index in [1.54, 1.807) is 36.3 Å². The predicted octanol–water partition coefficient (Wildman–Crippen LogP) is 4.69. The quantitative estimate of drug-likeness (QED) is 0.420. The smallest absolute Gasteiger partial charge is 0.416 e. The highest BCUT2D eigenvalue weighted by molar-refractivity contribution is 7.15. The SMILES string of the molecule is COc1cc(C(F)(F)F)ccc1Nc1ncc(C(C)NC(=O)c2cc3c(cn2)ncn3C)s1. The lowest BCUT2D eigenvalue weighted by atomic mass is 10.2. The van der Waals surface area contributed by atoms with E-state index in [0.29, 0.717) is 16.3 Å². The maximum Gasteiger partial charge on any atom is 0.416 e. The Labute approximate surface area is 190 Å². The number of aryl methyl sites for hydroxylation is 1. The van der Waals surface area contributed by atoms with Crippen LogP contribution in [0.5, 0.6) is 5.75 Å². The molecular formula is C21H19F3N6O2S. The van der Waals surface area contributed by atoms with Gasteiger partial charge in [-0.05, 0) is 31.2 Å². The molecule has 0 saturated carbocycles. The first-order valence-corrected chi connectivity index (χ1v) is 10.5. The van der Waals surface area contributed by atoms with Gasteiger partial charge in [-0.3, -0.25) is 4.79 Å². The van der Waals surface area contributed by atoms with Gasteiger partial charge in [-0.2, -0.15) is 13.2 Å². The number of hydrogen-bond acceptors (Lipinski definition) is 7. The van der Waals surface area contributed by atoms with Crippen molar-refractivity contribution in [1.29, 1.82) is 0 Å². The second kappa shape index (κ2) is 8.70. The number of carbonyl (C=O) groups is 1. The van der Waals surface area contributed by atoms with Crippen LogP contribution < -0.4 is 15.4 Å². The molecule has 33 heavy (non-hydrogen) atoms. The Hall–Kier alpha value is -3.67. The van der Waals surface area contributed by atoms with Gasteiger partial charge in [-0.15, -0.1) is 0 Å². The molecule has 0 aliphatic rings. The minimum absolute atomic E-state index is 0.0413. The number of halogens is 3. The summed E-state index contributed by atoms with van der Waals surface area (Å²) in [6.07, 6.45) is 0.311. The summed E-state index contributed by atoms with van der Waals surface area (Å²) >= 11 is 1.26. The molecule has 1 atom stereocenters. The zero-order valence-electron chi connectivity index (χ0n) is 17.8. The molecule has 0 radical (unpaired) electrons. The molecule has 0 fully saturated rings. The molecule has 0 spiro atoms. The number of methoxy groups -OCH3 is 1. The molecule has 4 aromatic rings. The van der Waals surface area contributed by atoms with Crippen molar-refractivity contribution in [3.63, 3.8) is 0 Å². The number of hydrogen-bond donors (Lipinski definition) is 2. The maximum atomic E-state index is 12.9. The van der Waals surface area contributed by atoms with Crippen LogP contribution in [0.15, 0.2) is 43.0 Å². The molecular weight excluding hydrogens is 457 g/mol. The lowest BCUT2D eigenvalue weighted by Gasteiger charge is -2.13. The summed E-state index contributed by atoms with van der Waals surface area (Å²) in [6, 6.07) is 4.47. The summed E-state index contributed by atoms with van der Waals surface area (Å²) in [4.78, 5) is 26.0. The fraction of sp³-hybridized carbons (Fsp3) is 0.238. The normalized spacial score (nSPS) is 12.5. The highest BCUT2D eigenvalue weighted by Crippen LogP contribution is 2.37. The molecule has 8 nitrogen and oxygen atoms in total. The van der Waals surface area contributed by atoms with Crippen molar-refractivity contribution >= 4 is 39.1 Å². The molecule has 4 rings (SSSR count). The number of amides is 1. The number of alkyl halides is 3. The van der Waals surface area contributed by atoms with E-state index >= 15 is 0 Å². The number of fused-ring (bicyclic) bond motifs is 1. The molecule has 1 unspecified atom stereocenters. The first-order valence-electron chi connectivity index (χ1n) is 9.71. The number of rotatable bonds is 6. The van der Waals surface area contributed by atoms with Gasteiger partial charge in [0.2, 0.25) is 0 Å². The molecule has 0 bridgehead atoms. The van der Waals surface area contributed by atoms with E-state index in [2.05, 4.69) is 25.6 Å². The van der Waals surface area contributed by atoms with Crippen molar-refractivity contribution in [2.75, 3.05) is 12.4 Å². The van der Waals surface area contributed by atoms with Crippen molar-refractivity contribution < 1.29 is 22.7 Å². The molecule has 0 aliphatic heterocycles. The summed E-state index contributed by atoms with van der Waals surface area (Å²) in [5.41, 5.74) is 1.28. The van der Waals surface area contributed by atoms with Crippen LogP contribution in [0.1, 0.15) is 33.9 Å². The third-order valence-electron chi connectivity index (χ3n) is 4.91. The zero-order valence-corrected chi connectivity index (χ0v) is 18.6. The number of ether oxygens (including phenoxy) is 1. The van der Waals surface area contributed by atoms with E-state index in [0.717, 1.165) is 22.5 Å². The van der Waals surface area contributed by atoms with Gasteiger partial charge >= 0.3 is 6.18 Å². The minimum atomic E-state index is -4.47. The Morgan fingerprint density at radius 1 is 1.18 bits per heavy atom. The Balaban J connectivity index is 1.46. The average molecular weight is 476 g/mol. The molecule has 172 valence electrons. The van der Waals surface area contributed by atoms with Crippen LogP contribution in [-0.2, 0) is 13.2 Å². The second-order valence-corrected chi connectivity index (χ2v) is 8.28. The summed E-state index contributed by atoms with van der Waals surface area (Å²) < 4.78 is 45.7. The first-order chi connectivity index (χ1) is 15.7. The van der Waals surface area contributed by atoms with E-state index in [1.165, 1.54) is 24.5 Å². The minimum Gasteiger partial charge on any atom is -0.495 e. The number of thiazole rings is 1. The molecule has 1 aromatic carbocycles. The van der Waals surface area contributed by atoms with Gasteiger partial charge in [0, 0.05) is 18.1 Å². The lowest BCUT2D eigenvalue weighted by molar-refractivity contribution is -0.137. The van der Waals surface area contributed by atoms with E-state index in [1.807, 2.05) is 7.05 Å². The van der Waals surface area contributed by atoms with Crippen LogP contribution in [-0.4, -0.2) is 32.5 Å². The number of aromatic nitrogens is 4. The van der Waals surface area contributed by atoms with Crippen LogP contribution in [0, 0.1) is 0 Å². The van der Waals surface area contributed by atoms with Crippen LogP contribution in [0.4, 0.5) is 24.0 Å². The van der Waals surface area contributed by atoms with Crippen molar-refractivity contribution in [3.05, 3.63) is 59.1 Å². The van der Waals surface area contributed by atoms with Crippen molar-refractivity contribution in [2.45, 2.75) is 19.1 Å². The Bertz CT molecular complexity index is 1320. The third-order valence-corrected chi connectivity index (χ3v) is 6.01. The van der Waals surface area contributed by atoms with E-state index in [9.17, 15) is 18.0 Å². The van der Waals surface area contributed by atoms with Crippen LogP contribution in [0.25, 0.3) is 11.0 Å². The zero-order chi connectivity index (χ0) is 23.8. The standard InChI is InChI=1S/C21H19F3N6O2S/c1-11(28-19(31)14-7-16-15(8-25-14)27-10-30(16)2)18-9-26-20(33-18)29-13-5-4-12(21(22,23)24)6-17(13)32-3/h4-11H,1-3H3,(H,26,29)(H,28,31). The molecule has 3 aromatic heterocycles. The summed E-state index contributed by atoms with van der Waals surface area (Å²) in [6.45, 7) is 1.80. The largest absolute Gasteiger partial charge is 0.495 e. The molecule has 1 amide bonds.